The fourth-order valence-electron chi connectivity index (χ4n) is 3.47. The molecule has 1 amide bonds. The zero-order valence-electron chi connectivity index (χ0n) is 15.3. The van der Waals surface area contributed by atoms with Crippen LogP contribution in [0.15, 0.2) is 35.1 Å². The van der Waals surface area contributed by atoms with Crippen LogP contribution in [0.4, 0.5) is 0 Å². The summed E-state index contributed by atoms with van der Waals surface area (Å²) < 4.78 is 10.4. The fourth-order valence-corrected chi connectivity index (χ4v) is 3.47. The number of nitrogens with zero attached hydrogens (tertiary/aromatic N) is 4. The van der Waals surface area contributed by atoms with Crippen molar-refractivity contribution in [2.24, 2.45) is 0 Å². The molecule has 0 radical (unpaired) electrons. The molecule has 0 aliphatic carbocycles. The normalized spacial score (nSPS) is 16.2. The van der Waals surface area contributed by atoms with Crippen molar-refractivity contribution >= 4 is 5.91 Å². The standard InChI is InChI=1S/C19H21N5O3/c1-12-22-16(27-23-12)7-8-17(25)24-10-9-15-18(21-11-20-15)19(24)13-3-5-14(26-2)6-4-13/h3-6,11,19H,7-10H2,1-2H3,(H,20,21). The minimum Gasteiger partial charge on any atom is -0.497 e. The number of benzene rings is 1. The first-order valence-electron chi connectivity index (χ1n) is 8.90. The van der Waals surface area contributed by atoms with Gasteiger partial charge < -0.3 is 19.1 Å². The van der Waals surface area contributed by atoms with Gasteiger partial charge in [0, 0.05) is 31.5 Å². The molecule has 0 saturated heterocycles. The van der Waals surface area contributed by atoms with E-state index >= 15 is 0 Å². The van der Waals surface area contributed by atoms with E-state index in [9.17, 15) is 4.79 Å². The van der Waals surface area contributed by atoms with Crippen molar-refractivity contribution in [2.75, 3.05) is 13.7 Å². The fraction of sp³-hybridized carbons (Fsp3) is 0.368. The van der Waals surface area contributed by atoms with Gasteiger partial charge in [-0.2, -0.15) is 4.98 Å². The van der Waals surface area contributed by atoms with Crippen LogP contribution in [0.5, 0.6) is 5.75 Å². The molecule has 0 fully saturated rings. The molecule has 8 heteroatoms. The summed E-state index contributed by atoms with van der Waals surface area (Å²) in [7, 11) is 1.64. The van der Waals surface area contributed by atoms with Crippen molar-refractivity contribution in [3.8, 4) is 5.75 Å². The first kappa shape index (κ1) is 17.3. The highest BCUT2D eigenvalue weighted by atomic mass is 16.5. The monoisotopic (exact) mass is 367 g/mol. The second kappa shape index (κ2) is 7.22. The molecule has 2 aromatic heterocycles. The van der Waals surface area contributed by atoms with Crippen LogP contribution >= 0.6 is 0 Å². The van der Waals surface area contributed by atoms with Gasteiger partial charge in [-0.25, -0.2) is 4.98 Å². The topological polar surface area (TPSA) is 97.1 Å². The second-order valence-electron chi connectivity index (χ2n) is 6.51. The molecule has 1 aromatic carbocycles. The molecule has 0 bridgehead atoms. The number of carbonyl (C=O) groups excluding carboxylic acids is 1. The smallest absolute Gasteiger partial charge is 0.227 e. The third kappa shape index (κ3) is 3.42. The van der Waals surface area contributed by atoms with E-state index in [1.807, 2.05) is 29.2 Å². The quantitative estimate of drug-likeness (QED) is 0.743. The van der Waals surface area contributed by atoms with Crippen molar-refractivity contribution in [1.82, 2.24) is 25.0 Å². The number of methoxy groups -OCH3 is 1. The number of carbonyl (C=O) groups is 1. The van der Waals surface area contributed by atoms with Crippen molar-refractivity contribution < 1.29 is 14.1 Å². The largest absolute Gasteiger partial charge is 0.497 e. The molecule has 1 aliphatic rings. The summed E-state index contributed by atoms with van der Waals surface area (Å²) in [5.74, 6) is 1.88. The van der Waals surface area contributed by atoms with E-state index in [0.29, 0.717) is 31.1 Å². The minimum atomic E-state index is -0.220. The number of hydrogen-bond acceptors (Lipinski definition) is 6. The molecular weight excluding hydrogens is 346 g/mol. The zero-order valence-corrected chi connectivity index (χ0v) is 15.3. The Kier molecular flexibility index (Phi) is 4.62. The number of hydrogen-bond donors (Lipinski definition) is 1. The molecule has 3 heterocycles. The number of aromatic nitrogens is 4. The summed E-state index contributed by atoms with van der Waals surface area (Å²) in [5.41, 5.74) is 2.98. The zero-order chi connectivity index (χ0) is 18.8. The minimum absolute atomic E-state index is 0.0420. The summed E-state index contributed by atoms with van der Waals surface area (Å²) in [6, 6.07) is 7.55. The van der Waals surface area contributed by atoms with Crippen LogP contribution in [0, 0.1) is 6.92 Å². The number of amides is 1. The summed E-state index contributed by atoms with van der Waals surface area (Å²) >= 11 is 0. The molecule has 4 rings (SSSR count). The van der Waals surface area contributed by atoms with Crippen LogP contribution < -0.4 is 4.74 Å². The van der Waals surface area contributed by atoms with E-state index in [2.05, 4.69) is 20.1 Å². The maximum Gasteiger partial charge on any atom is 0.227 e. The lowest BCUT2D eigenvalue weighted by molar-refractivity contribution is -0.133. The predicted molar refractivity (Wildman–Crippen MR) is 96.2 cm³/mol. The summed E-state index contributed by atoms with van der Waals surface area (Å²) in [5, 5.41) is 3.77. The number of nitrogens with one attached hydrogen (secondary N) is 1. The van der Waals surface area contributed by atoms with Crippen LogP contribution in [-0.4, -0.2) is 44.6 Å². The van der Waals surface area contributed by atoms with Gasteiger partial charge in [0.2, 0.25) is 11.8 Å². The van der Waals surface area contributed by atoms with Gasteiger partial charge in [-0.1, -0.05) is 17.3 Å². The maximum absolute atomic E-state index is 13.0. The molecule has 1 atom stereocenters. The Morgan fingerprint density at radius 1 is 1.37 bits per heavy atom. The molecule has 1 aliphatic heterocycles. The van der Waals surface area contributed by atoms with E-state index in [-0.39, 0.29) is 11.9 Å². The number of ether oxygens (including phenoxy) is 1. The van der Waals surface area contributed by atoms with Crippen molar-refractivity contribution in [3.63, 3.8) is 0 Å². The molecule has 3 aromatic rings. The molecule has 0 spiro atoms. The number of fused-ring (bicyclic) bond motifs is 1. The average Bonchev–Trinajstić information content (AvgIpc) is 3.34. The average molecular weight is 367 g/mol. The third-order valence-electron chi connectivity index (χ3n) is 4.80. The van der Waals surface area contributed by atoms with Crippen LogP contribution in [0.25, 0.3) is 0 Å². The van der Waals surface area contributed by atoms with E-state index < -0.39 is 0 Å². The maximum atomic E-state index is 13.0. The Morgan fingerprint density at radius 2 is 2.19 bits per heavy atom. The van der Waals surface area contributed by atoms with Gasteiger partial charge in [-0.3, -0.25) is 4.79 Å². The van der Waals surface area contributed by atoms with Gasteiger partial charge in [0.05, 0.1) is 19.1 Å². The number of aryl methyl sites for hydroxylation is 2. The first-order chi connectivity index (χ1) is 13.2. The lowest BCUT2D eigenvalue weighted by atomic mass is 9.95. The second-order valence-corrected chi connectivity index (χ2v) is 6.51. The number of H-pyrrole nitrogens is 1. The van der Waals surface area contributed by atoms with Crippen LogP contribution in [-0.2, 0) is 17.6 Å². The Bertz CT molecular complexity index is 931. The molecule has 1 N–H and O–H groups in total. The van der Waals surface area contributed by atoms with Crippen LogP contribution in [0.2, 0.25) is 0 Å². The summed E-state index contributed by atoms with van der Waals surface area (Å²) in [6.45, 7) is 2.39. The number of rotatable bonds is 5. The van der Waals surface area contributed by atoms with Gasteiger partial charge in [0.15, 0.2) is 5.82 Å². The van der Waals surface area contributed by atoms with Crippen molar-refractivity contribution in [2.45, 2.75) is 32.2 Å². The predicted octanol–water partition coefficient (Wildman–Crippen LogP) is 2.22. The van der Waals surface area contributed by atoms with E-state index in [1.54, 1.807) is 20.4 Å². The molecule has 140 valence electrons. The first-order valence-corrected chi connectivity index (χ1v) is 8.90. The van der Waals surface area contributed by atoms with E-state index in [1.165, 1.54) is 0 Å². The molecule has 1 unspecified atom stereocenters. The highest BCUT2D eigenvalue weighted by Crippen LogP contribution is 2.34. The lowest BCUT2D eigenvalue weighted by Crippen LogP contribution is -2.40. The highest BCUT2D eigenvalue weighted by molar-refractivity contribution is 5.77. The Labute approximate surface area is 156 Å². The summed E-state index contributed by atoms with van der Waals surface area (Å²) in [6.07, 6.45) is 3.19. The van der Waals surface area contributed by atoms with Gasteiger partial charge in [-0.05, 0) is 24.6 Å². The molecular formula is C19H21N5O3. The van der Waals surface area contributed by atoms with Gasteiger partial charge in [0.25, 0.3) is 0 Å². The SMILES string of the molecule is COc1ccc(C2c3nc[nH]c3CCN2C(=O)CCc2nc(C)no2)cc1. The van der Waals surface area contributed by atoms with Crippen molar-refractivity contribution in [3.05, 3.63) is 59.3 Å². The van der Waals surface area contributed by atoms with Gasteiger partial charge in [-0.15, -0.1) is 0 Å². The Balaban J connectivity index is 1.58. The number of imidazole rings is 1. The van der Waals surface area contributed by atoms with E-state index in [4.69, 9.17) is 9.26 Å². The molecule has 27 heavy (non-hydrogen) atoms. The number of aromatic amines is 1. The van der Waals surface area contributed by atoms with Crippen molar-refractivity contribution in [1.29, 1.82) is 0 Å². The van der Waals surface area contributed by atoms with Crippen LogP contribution in [0.1, 0.15) is 41.1 Å². The molecule has 8 nitrogen and oxygen atoms in total. The Morgan fingerprint density at radius 3 is 2.89 bits per heavy atom. The highest BCUT2D eigenvalue weighted by Gasteiger charge is 2.33. The lowest BCUT2D eigenvalue weighted by Gasteiger charge is -2.35. The summed E-state index contributed by atoms with van der Waals surface area (Å²) in [4.78, 5) is 26.7. The van der Waals surface area contributed by atoms with Gasteiger partial charge in [0.1, 0.15) is 11.8 Å². The Hall–Kier alpha value is -3.16. The third-order valence-corrected chi connectivity index (χ3v) is 4.80. The van der Waals surface area contributed by atoms with Gasteiger partial charge >= 0.3 is 0 Å². The van der Waals surface area contributed by atoms with E-state index in [0.717, 1.165) is 29.1 Å². The molecule has 0 saturated carbocycles. The van der Waals surface area contributed by atoms with Crippen LogP contribution in [0.3, 0.4) is 0 Å².